The Morgan fingerprint density at radius 2 is 1.95 bits per heavy atom. The fraction of sp³-hybridized carbons (Fsp3) is 0.250. The number of rotatable bonds is 5. The van der Waals surface area contributed by atoms with Gasteiger partial charge in [-0.2, -0.15) is 0 Å². The van der Waals surface area contributed by atoms with Gasteiger partial charge in [0, 0.05) is 21.4 Å². The molecule has 2 N–H and O–H groups in total. The lowest BCUT2D eigenvalue weighted by molar-refractivity contribution is -0.123. The van der Waals surface area contributed by atoms with Crippen LogP contribution in [0, 0.1) is 5.92 Å². The molecule has 2 aromatic rings. The predicted molar refractivity (Wildman–Crippen MR) is 88.7 cm³/mol. The topological polar surface area (TPSA) is 58.2 Å². The molecule has 1 saturated carbocycles. The van der Waals surface area contributed by atoms with Gasteiger partial charge >= 0.3 is 0 Å². The Balaban J connectivity index is 1.61. The van der Waals surface area contributed by atoms with Crippen molar-refractivity contribution < 1.29 is 9.59 Å². The number of hydrogen-bond donors (Lipinski definition) is 2. The molecule has 0 unspecified atom stereocenters. The summed E-state index contributed by atoms with van der Waals surface area (Å²) in [6.07, 6.45) is 1.82. The average Bonchev–Trinajstić information content (AvgIpc) is 3.27. The minimum Gasteiger partial charge on any atom is -0.273 e. The first-order chi connectivity index (χ1) is 10.7. The van der Waals surface area contributed by atoms with Crippen LogP contribution in [-0.4, -0.2) is 11.8 Å². The van der Waals surface area contributed by atoms with Gasteiger partial charge in [-0.3, -0.25) is 20.4 Å². The Hall–Kier alpha value is -1.79. The third-order valence-electron chi connectivity index (χ3n) is 3.33. The number of hydrazine groups is 1. The second-order valence-electron chi connectivity index (χ2n) is 5.08. The van der Waals surface area contributed by atoms with Gasteiger partial charge in [-0.1, -0.05) is 18.2 Å². The monoisotopic (exact) mass is 332 g/mol. The number of thiophene rings is 1. The first kappa shape index (κ1) is 15.1. The standard InChI is InChI=1S/C16H16N2O2S2/c19-15(11-7-8-11)17-18-16(20)13-5-1-2-6-14(13)22-10-12-4-3-9-21-12/h1-6,9,11H,7-8,10H2,(H,17,19)(H,18,20). The van der Waals surface area contributed by atoms with Crippen LogP contribution in [0.15, 0.2) is 46.7 Å². The van der Waals surface area contributed by atoms with Gasteiger partial charge in [0.25, 0.3) is 5.91 Å². The van der Waals surface area contributed by atoms with E-state index in [1.807, 2.05) is 29.6 Å². The van der Waals surface area contributed by atoms with Crippen LogP contribution in [0.2, 0.25) is 0 Å². The van der Waals surface area contributed by atoms with Crippen molar-refractivity contribution in [1.29, 1.82) is 0 Å². The summed E-state index contributed by atoms with van der Waals surface area (Å²) >= 11 is 3.33. The van der Waals surface area contributed by atoms with Crippen molar-refractivity contribution >= 4 is 34.9 Å². The molecular weight excluding hydrogens is 316 g/mol. The van der Waals surface area contributed by atoms with Crippen molar-refractivity contribution in [1.82, 2.24) is 10.9 Å². The van der Waals surface area contributed by atoms with Crippen LogP contribution >= 0.6 is 23.1 Å². The van der Waals surface area contributed by atoms with Gasteiger partial charge < -0.3 is 0 Å². The SMILES string of the molecule is O=C(NNC(=O)C1CC1)c1ccccc1SCc1cccs1. The molecule has 1 aromatic carbocycles. The van der Waals surface area contributed by atoms with Crippen molar-refractivity contribution in [2.24, 2.45) is 5.92 Å². The smallest absolute Gasteiger partial charge is 0.270 e. The number of benzene rings is 1. The van der Waals surface area contributed by atoms with Gasteiger partial charge in [0.2, 0.25) is 5.91 Å². The van der Waals surface area contributed by atoms with E-state index in [-0.39, 0.29) is 17.7 Å². The molecule has 0 atom stereocenters. The normalized spacial score (nSPS) is 13.6. The largest absolute Gasteiger partial charge is 0.273 e. The second kappa shape index (κ2) is 6.98. The number of nitrogens with one attached hydrogen (secondary N) is 2. The predicted octanol–water partition coefficient (Wildman–Crippen LogP) is 3.21. The van der Waals surface area contributed by atoms with Gasteiger partial charge in [0.15, 0.2) is 0 Å². The molecule has 0 radical (unpaired) electrons. The summed E-state index contributed by atoms with van der Waals surface area (Å²) in [5.41, 5.74) is 5.58. The maximum atomic E-state index is 12.2. The van der Waals surface area contributed by atoms with Gasteiger partial charge in [-0.25, -0.2) is 0 Å². The van der Waals surface area contributed by atoms with E-state index in [0.717, 1.165) is 23.5 Å². The molecule has 6 heteroatoms. The highest BCUT2D eigenvalue weighted by atomic mass is 32.2. The summed E-state index contributed by atoms with van der Waals surface area (Å²) in [5, 5.41) is 2.04. The third kappa shape index (κ3) is 3.90. The average molecular weight is 332 g/mol. The minimum atomic E-state index is -0.275. The molecule has 22 heavy (non-hydrogen) atoms. The molecule has 0 saturated heterocycles. The summed E-state index contributed by atoms with van der Waals surface area (Å²) < 4.78 is 0. The molecule has 4 nitrogen and oxygen atoms in total. The molecule has 3 rings (SSSR count). The number of thioether (sulfide) groups is 1. The number of amides is 2. The molecule has 1 aliphatic rings. The van der Waals surface area contributed by atoms with Crippen LogP contribution in [0.3, 0.4) is 0 Å². The van der Waals surface area contributed by atoms with Crippen molar-refractivity contribution in [3.63, 3.8) is 0 Å². The van der Waals surface area contributed by atoms with Crippen LogP contribution in [-0.2, 0) is 10.5 Å². The quantitative estimate of drug-likeness (QED) is 0.653. The molecule has 1 aromatic heterocycles. The van der Waals surface area contributed by atoms with Gasteiger partial charge in [-0.15, -0.1) is 23.1 Å². The molecule has 1 aliphatic carbocycles. The maximum Gasteiger partial charge on any atom is 0.270 e. The van der Waals surface area contributed by atoms with Crippen molar-refractivity contribution in [2.45, 2.75) is 23.5 Å². The molecular formula is C16H16N2O2S2. The summed E-state index contributed by atoms with van der Waals surface area (Å²) in [7, 11) is 0. The highest BCUT2D eigenvalue weighted by molar-refractivity contribution is 7.98. The Kier molecular flexibility index (Phi) is 4.80. The van der Waals surface area contributed by atoms with Gasteiger partial charge in [0.1, 0.15) is 0 Å². The minimum absolute atomic E-state index is 0.0729. The van der Waals surface area contributed by atoms with E-state index in [9.17, 15) is 9.59 Å². The van der Waals surface area contributed by atoms with Crippen LogP contribution in [0.25, 0.3) is 0 Å². The van der Waals surface area contributed by atoms with Crippen molar-refractivity contribution in [2.75, 3.05) is 0 Å². The molecule has 0 bridgehead atoms. The van der Waals surface area contributed by atoms with E-state index in [0.29, 0.717) is 5.56 Å². The van der Waals surface area contributed by atoms with Crippen molar-refractivity contribution in [3.8, 4) is 0 Å². The zero-order valence-corrected chi connectivity index (χ0v) is 13.5. The third-order valence-corrected chi connectivity index (χ3v) is 5.51. The summed E-state index contributed by atoms with van der Waals surface area (Å²) in [6, 6.07) is 11.5. The maximum absolute atomic E-state index is 12.2. The molecule has 1 heterocycles. The Morgan fingerprint density at radius 1 is 1.14 bits per heavy atom. The lowest BCUT2D eigenvalue weighted by Gasteiger charge is -2.10. The van der Waals surface area contributed by atoms with Crippen LogP contribution in [0.5, 0.6) is 0 Å². The lowest BCUT2D eigenvalue weighted by Crippen LogP contribution is -2.42. The van der Waals surface area contributed by atoms with Crippen LogP contribution < -0.4 is 10.9 Å². The summed E-state index contributed by atoms with van der Waals surface area (Å²) in [5.74, 6) is 0.528. The van der Waals surface area contributed by atoms with E-state index in [1.54, 1.807) is 29.2 Å². The number of carbonyl (C=O) groups is 2. The molecule has 2 amide bonds. The second-order valence-corrected chi connectivity index (χ2v) is 7.13. The molecule has 1 fully saturated rings. The van der Waals surface area contributed by atoms with E-state index in [4.69, 9.17) is 0 Å². The van der Waals surface area contributed by atoms with Crippen LogP contribution in [0.1, 0.15) is 28.1 Å². The molecule has 0 spiro atoms. The fourth-order valence-corrected chi connectivity index (χ4v) is 3.78. The van der Waals surface area contributed by atoms with Crippen LogP contribution in [0.4, 0.5) is 0 Å². The fourth-order valence-electron chi connectivity index (χ4n) is 1.96. The Labute approximate surface area is 137 Å². The van der Waals surface area contributed by atoms with Gasteiger partial charge in [0.05, 0.1) is 5.56 Å². The summed E-state index contributed by atoms with van der Waals surface area (Å²) in [4.78, 5) is 26.0. The van der Waals surface area contributed by atoms with E-state index >= 15 is 0 Å². The number of hydrogen-bond acceptors (Lipinski definition) is 4. The van der Waals surface area contributed by atoms with Gasteiger partial charge in [-0.05, 0) is 36.4 Å². The zero-order chi connectivity index (χ0) is 15.4. The summed E-state index contributed by atoms with van der Waals surface area (Å²) in [6.45, 7) is 0. The molecule has 0 aliphatic heterocycles. The zero-order valence-electron chi connectivity index (χ0n) is 11.9. The first-order valence-electron chi connectivity index (χ1n) is 7.08. The highest BCUT2D eigenvalue weighted by Crippen LogP contribution is 2.29. The molecule has 114 valence electrons. The first-order valence-corrected chi connectivity index (χ1v) is 8.95. The Morgan fingerprint density at radius 3 is 2.68 bits per heavy atom. The van der Waals surface area contributed by atoms with E-state index in [2.05, 4.69) is 16.9 Å². The van der Waals surface area contributed by atoms with Crippen molar-refractivity contribution in [3.05, 3.63) is 52.2 Å². The lowest BCUT2D eigenvalue weighted by atomic mass is 10.2. The van der Waals surface area contributed by atoms with E-state index < -0.39 is 0 Å². The number of carbonyl (C=O) groups excluding carboxylic acids is 2. The highest BCUT2D eigenvalue weighted by Gasteiger charge is 2.29. The van der Waals surface area contributed by atoms with E-state index in [1.165, 1.54) is 4.88 Å². The Bertz CT molecular complexity index is 667.